The quantitative estimate of drug-likeness (QED) is 0.863. The first-order valence-corrected chi connectivity index (χ1v) is 9.09. The number of aryl methyl sites for hydroxylation is 1. The lowest BCUT2D eigenvalue weighted by Crippen LogP contribution is -2.29. The van der Waals surface area contributed by atoms with E-state index < -0.39 is 6.10 Å². The monoisotopic (exact) mass is 358 g/mol. The zero-order valence-electron chi connectivity index (χ0n) is 14.1. The Morgan fingerprint density at radius 3 is 2.56 bits per heavy atom. The van der Waals surface area contributed by atoms with E-state index in [4.69, 9.17) is 11.6 Å². The zero-order valence-corrected chi connectivity index (χ0v) is 14.9. The Kier molecular flexibility index (Phi) is 6.05. The number of pyridine rings is 1. The lowest BCUT2D eigenvalue weighted by Gasteiger charge is -2.16. The summed E-state index contributed by atoms with van der Waals surface area (Å²) in [5.74, 6) is 0.229. The highest BCUT2D eigenvalue weighted by Crippen LogP contribution is 2.22. The van der Waals surface area contributed by atoms with Gasteiger partial charge in [0.25, 0.3) is 0 Å². The van der Waals surface area contributed by atoms with Crippen LogP contribution >= 0.6 is 11.6 Å². The van der Waals surface area contributed by atoms with Crippen LogP contribution in [-0.2, 0) is 17.6 Å². The molecule has 0 radical (unpaired) electrons. The molecule has 1 aromatic carbocycles. The molecule has 132 valence electrons. The number of amides is 1. The highest BCUT2D eigenvalue weighted by Gasteiger charge is 2.33. The Morgan fingerprint density at radius 1 is 1.12 bits per heavy atom. The summed E-state index contributed by atoms with van der Waals surface area (Å²) in [4.78, 5) is 18.2. The molecule has 0 unspecified atom stereocenters. The number of β-amino-alcohol motifs (C(OH)–C–C–N with tert-alkyl or cyclic N) is 1. The Bertz CT molecular complexity index is 691. The van der Waals surface area contributed by atoms with Crippen LogP contribution in [0.5, 0.6) is 0 Å². The van der Waals surface area contributed by atoms with E-state index in [2.05, 4.69) is 4.98 Å². The van der Waals surface area contributed by atoms with E-state index in [1.807, 2.05) is 36.4 Å². The maximum absolute atomic E-state index is 12.4. The van der Waals surface area contributed by atoms with E-state index in [-0.39, 0.29) is 11.8 Å². The van der Waals surface area contributed by atoms with Crippen molar-refractivity contribution in [2.75, 3.05) is 13.1 Å². The molecular weight excluding hydrogens is 336 g/mol. The molecule has 5 heteroatoms. The van der Waals surface area contributed by atoms with Crippen LogP contribution in [0.2, 0.25) is 5.02 Å². The number of nitrogens with zero attached hydrogens (tertiary/aromatic N) is 2. The van der Waals surface area contributed by atoms with Crippen LogP contribution < -0.4 is 0 Å². The van der Waals surface area contributed by atoms with Crippen molar-refractivity contribution >= 4 is 17.5 Å². The van der Waals surface area contributed by atoms with E-state index in [1.165, 1.54) is 5.56 Å². The lowest BCUT2D eigenvalue weighted by atomic mass is 9.97. The summed E-state index contributed by atoms with van der Waals surface area (Å²) >= 11 is 5.88. The van der Waals surface area contributed by atoms with Gasteiger partial charge in [-0.15, -0.1) is 0 Å². The van der Waals surface area contributed by atoms with Crippen LogP contribution in [0.15, 0.2) is 48.8 Å². The number of carbonyl (C=O) groups is 1. The van der Waals surface area contributed by atoms with Crippen LogP contribution in [-0.4, -0.2) is 40.1 Å². The van der Waals surface area contributed by atoms with Gasteiger partial charge in [0.15, 0.2) is 0 Å². The van der Waals surface area contributed by atoms with Gasteiger partial charge in [-0.05, 0) is 54.7 Å². The average Bonchev–Trinajstić information content (AvgIpc) is 2.98. The molecule has 25 heavy (non-hydrogen) atoms. The normalized spacial score (nSPS) is 20.0. The Labute approximate surface area is 153 Å². The van der Waals surface area contributed by atoms with E-state index in [0.29, 0.717) is 19.5 Å². The van der Waals surface area contributed by atoms with Gasteiger partial charge in [-0.3, -0.25) is 9.78 Å². The van der Waals surface area contributed by atoms with Gasteiger partial charge in [0.05, 0.1) is 6.10 Å². The minimum atomic E-state index is -0.451. The van der Waals surface area contributed by atoms with Gasteiger partial charge in [-0.2, -0.15) is 0 Å². The third kappa shape index (κ3) is 5.03. The van der Waals surface area contributed by atoms with Crippen molar-refractivity contribution in [1.29, 1.82) is 0 Å². The smallest absolute Gasteiger partial charge is 0.222 e. The molecule has 0 aliphatic carbocycles. The van der Waals surface area contributed by atoms with Gasteiger partial charge in [0, 0.05) is 42.8 Å². The number of hydrogen-bond donors (Lipinski definition) is 1. The zero-order chi connectivity index (χ0) is 17.6. The van der Waals surface area contributed by atoms with Crippen LogP contribution in [0.4, 0.5) is 0 Å². The number of hydrogen-bond acceptors (Lipinski definition) is 3. The van der Waals surface area contributed by atoms with Crippen molar-refractivity contribution < 1.29 is 9.90 Å². The van der Waals surface area contributed by atoms with Gasteiger partial charge >= 0.3 is 0 Å². The molecule has 1 aliphatic rings. The van der Waals surface area contributed by atoms with E-state index in [1.54, 1.807) is 17.3 Å². The second-order valence-electron chi connectivity index (χ2n) is 6.67. The molecule has 0 bridgehead atoms. The van der Waals surface area contributed by atoms with Crippen molar-refractivity contribution in [2.45, 2.75) is 31.8 Å². The predicted molar refractivity (Wildman–Crippen MR) is 98.4 cm³/mol. The van der Waals surface area contributed by atoms with Crippen molar-refractivity contribution in [1.82, 2.24) is 9.88 Å². The summed E-state index contributed by atoms with van der Waals surface area (Å²) in [6.07, 6.45) is 6.03. The molecule has 2 aromatic rings. The number of aliphatic hydroxyl groups is 1. The standard InChI is InChI=1S/C20H23ClN2O2/c21-18-6-4-15(5-7-18)2-1-3-20(25)23-13-17(19(24)14-23)12-16-8-10-22-11-9-16/h4-11,17,19,24H,1-3,12-14H2/t17-,19+/m1/s1. The first-order chi connectivity index (χ1) is 12.1. The summed E-state index contributed by atoms with van der Waals surface area (Å²) in [5.41, 5.74) is 2.34. The number of rotatable bonds is 6. The minimum Gasteiger partial charge on any atom is -0.391 e. The third-order valence-electron chi connectivity index (χ3n) is 4.78. The molecular formula is C20H23ClN2O2. The van der Waals surface area contributed by atoms with Crippen molar-refractivity contribution in [3.8, 4) is 0 Å². The van der Waals surface area contributed by atoms with Gasteiger partial charge in [-0.25, -0.2) is 0 Å². The lowest BCUT2D eigenvalue weighted by molar-refractivity contribution is -0.130. The van der Waals surface area contributed by atoms with Crippen molar-refractivity contribution in [2.24, 2.45) is 5.92 Å². The van der Waals surface area contributed by atoms with Crippen LogP contribution in [0, 0.1) is 5.92 Å². The topological polar surface area (TPSA) is 53.4 Å². The minimum absolute atomic E-state index is 0.0996. The molecule has 3 rings (SSSR count). The Balaban J connectivity index is 1.45. The molecule has 2 atom stereocenters. The first-order valence-electron chi connectivity index (χ1n) is 8.71. The molecule has 4 nitrogen and oxygen atoms in total. The van der Waals surface area contributed by atoms with Gasteiger partial charge < -0.3 is 10.0 Å². The van der Waals surface area contributed by atoms with Gasteiger partial charge in [-0.1, -0.05) is 23.7 Å². The molecule has 1 aliphatic heterocycles. The maximum atomic E-state index is 12.4. The highest BCUT2D eigenvalue weighted by molar-refractivity contribution is 6.30. The van der Waals surface area contributed by atoms with Gasteiger partial charge in [0.1, 0.15) is 0 Å². The highest BCUT2D eigenvalue weighted by atomic mass is 35.5. The maximum Gasteiger partial charge on any atom is 0.222 e. The Hall–Kier alpha value is -1.91. The number of aromatic nitrogens is 1. The fourth-order valence-corrected chi connectivity index (χ4v) is 3.46. The van der Waals surface area contributed by atoms with Crippen LogP contribution in [0.3, 0.4) is 0 Å². The van der Waals surface area contributed by atoms with Gasteiger partial charge in [0.2, 0.25) is 5.91 Å². The third-order valence-corrected chi connectivity index (χ3v) is 5.03. The Morgan fingerprint density at radius 2 is 1.84 bits per heavy atom. The summed E-state index contributed by atoms with van der Waals surface area (Å²) in [6, 6.07) is 11.7. The molecule has 1 fully saturated rings. The molecule has 0 spiro atoms. The predicted octanol–water partition coefficient (Wildman–Crippen LogP) is 3.12. The molecule has 0 saturated carbocycles. The van der Waals surface area contributed by atoms with E-state index in [9.17, 15) is 9.90 Å². The number of likely N-dealkylation sites (tertiary alicyclic amines) is 1. The SMILES string of the molecule is O=C(CCCc1ccc(Cl)cc1)N1C[C@@H](Cc2ccncc2)[C@@H](O)C1. The molecule has 1 aromatic heterocycles. The summed E-state index contributed by atoms with van der Waals surface area (Å²) in [6.45, 7) is 1.07. The van der Waals surface area contributed by atoms with Crippen LogP contribution in [0.1, 0.15) is 24.0 Å². The van der Waals surface area contributed by atoms with Crippen LogP contribution in [0.25, 0.3) is 0 Å². The molecule has 1 N–H and O–H groups in total. The molecule has 1 saturated heterocycles. The summed E-state index contributed by atoms with van der Waals surface area (Å²) in [7, 11) is 0. The second-order valence-corrected chi connectivity index (χ2v) is 7.10. The van der Waals surface area contributed by atoms with Crippen molar-refractivity contribution in [3.63, 3.8) is 0 Å². The number of carbonyl (C=O) groups excluding carboxylic acids is 1. The average molecular weight is 359 g/mol. The fraction of sp³-hybridized carbons (Fsp3) is 0.400. The van der Waals surface area contributed by atoms with Crippen molar-refractivity contribution in [3.05, 3.63) is 64.9 Å². The van der Waals surface area contributed by atoms with E-state index >= 15 is 0 Å². The largest absolute Gasteiger partial charge is 0.391 e. The molecule has 2 heterocycles. The fourth-order valence-electron chi connectivity index (χ4n) is 3.33. The summed E-state index contributed by atoms with van der Waals surface area (Å²) < 4.78 is 0. The number of halogens is 1. The van der Waals surface area contributed by atoms with E-state index in [0.717, 1.165) is 29.8 Å². The number of benzene rings is 1. The second kappa shape index (κ2) is 8.45. The summed E-state index contributed by atoms with van der Waals surface area (Å²) in [5, 5.41) is 11.0. The first kappa shape index (κ1) is 17.9. The molecule has 1 amide bonds. The number of aliphatic hydroxyl groups excluding tert-OH is 1.